The van der Waals surface area contributed by atoms with Crippen molar-refractivity contribution < 1.29 is 24.2 Å². The van der Waals surface area contributed by atoms with Crippen molar-refractivity contribution in [2.45, 2.75) is 46.3 Å². The molecule has 0 aromatic heterocycles. The molecule has 1 unspecified atom stereocenters. The fourth-order valence-corrected chi connectivity index (χ4v) is 2.08. The third-order valence-corrected chi connectivity index (χ3v) is 3.90. The minimum absolute atomic E-state index is 0.0724. The van der Waals surface area contributed by atoms with Crippen LogP contribution in [-0.4, -0.2) is 28.5 Å². The Hall–Kier alpha value is -2.37. The first-order valence-corrected chi connectivity index (χ1v) is 7.40. The Balaban J connectivity index is 2.75. The monoisotopic (exact) mass is 321 g/mol. The fourth-order valence-electron chi connectivity index (χ4n) is 2.08. The van der Waals surface area contributed by atoms with Gasteiger partial charge in [-0.25, -0.2) is 4.79 Å². The molecule has 1 atom stereocenters. The molecule has 1 aromatic rings. The molecule has 6 heteroatoms. The number of nitrogens with one attached hydrogen (secondary N) is 1. The number of rotatable bonds is 7. The summed E-state index contributed by atoms with van der Waals surface area (Å²) in [5, 5.41) is 11.7. The van der Waals surface area contributed by atoms with Crippen LogP contribution in [-0.2, 0) is 20.9 Å². The molecular weight excluding hydrogens is 298 g/mol. The molecule has 0 radical (unpaired) electrons. The standard InChI is InChI=1S/C17H23NO5/c1-5-17(4,13(19)16(2,3)14(20)21)18-15(22)23-11-12-9-7-6-8-10-12/h6-10H,5,11H2,1-4H3,(H,18,22)(H,20,21). The Kier molecular flexibility index (Phi) is 5.90. The van der Waals surface area contributed by atoms with E-state index in [0.717, 1.165) is 5.56 Å². The minimum atomic E-state index is -1.60. The van der Waals surface area contributed by atoms with Gasteiger partial charge in [-0.3, -0.25) is 9.59 Å². The molecule has 0 spiro atoms. The Labute approximate surface area is 135 Å². The van der Waals surface area contributed by atoms with E-state index in [4.69, 9.17) is 4.74 Å². The molecule has 1 rings (SSSR count). The third kappa shape index (κ3) is 4.55. The number of amides is 1. The predicted octanol–water partition coefficient (Wildman–Crippen LogP) is 2.76. The third-order valence-electron chi connectivity index (χ3n) is 3.90. The highest BCUT2D eigenvalue weighted by atomic mass is 16.5. The zero-order valence-corrected chi connectivity index (χ0v) is 13.9. The molecule has 0 aliphatic rings. The predicted molar refractivity (Wildman–Crippen MR) is 84.9 cm³/mol. The van der Waals surface area contributed by atoms with Crippen molar-refractivity contribution in [1.29, 1.82) is 0 Å². The lowest BCUT2D eigenvalue weighted by Crippen LogP contribution is -2.57. The Morgan fingerprint density at radius 3 is 2.17 bits per heavy atom. The van der Waals surface area contributed by atoms with Crippen LogP contribution in [0, 0.1) is 5.41 Å². The van der Waals surface area contributed by atoms with Crippen LogP contribution >= 0.6 is 0 Å². The molecule has 0 bridgehead atoms. The Morgan fingerprint density at radius 1 is 1.13 bits per heavy atom. The molecule has 0 aliphatic carbocycles. The molecule has 0 heterocycles. The smallest absolute Gasteiger partial charge is 0.408 e. The second kappa shape index (κ2) is 7.26. The van der Waals surface area contributed by atoms with Crippen molar-refractivity contribution in [3.63, 3.8) is 0 Å². The van der Waals surface area contributed by atoms with Gasteiger partial charge < -0.3 is 15.2 Å². The first-order chi connectivity index (χ1) is 10.6. The van der Waals surface area contributed by atoms with Gasteiger partial charge in [0, 0.05) is 0 Å². The lowest BCUT2D eigenvalue weighted by Gasteiger charge is -2.33. The van der Waals surface area contributed by atoms with Gasteiger partial charge in [-0.05, 0) is 32.8 Å². The van der Waals surface area contributed by atoms with Crippen molar-refractivity contribution in [2.24, 2.45) is 5.41 Å². The maximum absolute atomic E-state index is 12.5. The topological polar surface area (TPSA) is 92.7 Å². The maximum Gasteiger partial charge on any atom is 0.408 e. The number of hydrogen-bond acceptors (Lipinski definition) is 4. The van der Waals surface area contributed by atoms with Crippen molar-refractivity contribution in [2.75, 3.05) is 0 Å². The largest absolute Gasteiger partial charge is 0.481 e. The van der Waals surface area contributed by atoms with Crippen LogP contribution in [0.15, 0.2) is 30.3 Å². The van der Waals surface area contributed by atoms with Gasteiger partial charge in [0.25, 0.3) is 0 Å². The zero-order valence-electron chi connectivity index (χ0n) is 13.9. The van der Waals surface area contributed by atoms with E-state index in [1.165, 1.54) is 20.8 Å². The van der Waals surface area contributed by atoms with E-state index in [9.17, 15) is 19.5 Å². The van der Waals surface area contributed by atoms with Crippen molar-refractivity contribution in [3.05, 3.63) is 35.9 Å². The second-order valence-corrected chi connectivity index (χ2v) is 6.13. The Bertz CT molecular complexity index is 582. The van der Waals surface area contributed by atoms with Gasteiger partial charge in [0.2, 0.25) is 0 Å². The van der Waals surface area contributed by atoms with E-state index >= 15 is 0 Å². The number of ketones is 1. The van der Waals surface area contributed by atoms with Crippen molar-refractivity contribution >= 4 is 17.8 Å². The lowest BCUT2D eigenvalue weighted by molar-refractivity contribution is -0.155. The summed E-state index contributed by atoms with van der Waals surface area (Å²) in [4.78, 5) is 35.7. The fraction of sp³-hybridized carbons (Fsp3) is 0.471. The summed E-state index contributed by atoms with van der Waals surface area (Å²) in [6.07, 6.45) is -0.504. The van der Waals surface area contributed by atoms with Crippen LogP contribution in [0.4, 0.5) is 4.79 Å². The molecule has 1 amide bonds. The van der Waals surface area contributed by atoms with Gasteiger partial charge in [0.05, 0.1) is 5.54 Å². The van der Waals surface area contributed by atoms with Gasteiger partial charge in [0.1, 0.15) is 12.0 Å². The molecule has 0 aliphatic heterocycles. The number of carbonyl (C=O) groups is 3. The van der Waals surface area contributed by atoms with E-state index in [2.05, 4.69) is 5.32 Å². The molecule has 1 aromatic carbocycles. The summed E-state index contributed by atoms with van der Waals surface area (Å²) in [7, 11) is 0. The Morgan fingerprint density at radius 2 is 1.70 bits per heavy atom. The van der Waals surface area contributed by atoms with Crippen molar-refractivity contribution in [1.82, 2.24) is 5.32 Å². The quantitative estimate of drug-likeness (QED) is 0.753. The van der Waals surface area contributed by atoms with Gasteiger partial charge >= 0.3 is 12.1 Å². The second-order valence-electron chi connectivity index (χ2n) is 6.13. The molecule has 0 saturated carbocycles. The van der Waals surface area contributed by atoms with Gasteiger partial charge in [0.15, 0.2) is 5.78 Å². The summed E-state index contributed by atoms with van der Waals surface area (Å²) < 4.78 is 5.10. The van der Waals surface area contributed by atoms with Crippen LogP contribution in [0.1, 0.15) is 39.7 Å². The van der Waals surface area contributed by atoms with Crippen LogP contribution in [0.3, 0.4) is 0 Å². The van der Waals surface area contributed by atoms with Crippen LogP contribution < -0.4 is 5.32 Å². The lowest BCUT2D eigenvalue weighted by atomic mass is 9.76. The highest BCUT2D eigenvalue weighted by Gasteiger charge is 2.47. The summed E-state index contributed by atoms with van der Waals surface area (Å²) in [6, 6.07) is 9.12. The average Bonchev–Trinajstić information content (AvgIpc) is 2.52. The van der Waals surface area contributed by atoms with E-state index in [1.54, 1.807) is 6.92 Å². The number of carboxylic acid groups (broad SMARTS) is 1. The first-order valence-electron chi connectivity index (χ1n) is 7.40. The molecular formula is C17H23NO5. The minimum Gasteiger partial charge on any atom is -0.481 e. The van der Waals surface area contributed by atoms with E-state index in [0.29, 0.717) is 0 Å². The number of ether oxygens (including phenoxy) is 1. The summed E-state index contributed by atoms with van der Waals surface area (Å²) >= 11 is 0. The maximum atomic E-state index is 12.5. The number of aliphatic carboxylic acids is 1. The van der Waals surface area contributed by atoms with E-state index in [1.807, 2.05) is 30.3 Å². The molecule has 6 nitrogen and oxygen atoms in total. The van der Waals surface area contributed by atoms with Gasteiger partial charge in [-0.15, -0.1) is 0 Å². The first kappa shape index (κ1) is 18.7. The van der Waals surface area contributed by atoms with E-state index in [-0.39, 0.29) is 13.0 Å². The zero-order chi connectivity index (χ0) is 17.7. The molecule has 0 saturated heterocycles. The number of Topliss-reactive ketones (excluding diaryl/α,β-unsaturated/α-hetero) is 1. The summed E-state index contributed by atoms with van der Waals surface area (Å²) in [5.74, 6) is -1.81. The van der Waals surface area contributed by atoms with Crippen LogP contribution in [0.5, 0.6) is 0 Å². The number of carbonyl (C=O) groups excluding carboxylic acids is 2. The average molecular weight is 321 g/mol. The number of benzene rings is 1. The molecule has 23 heavy (non-hydrogen) atoms. The highest BCUT2D eigenvalue weighted by Crippen LogP contribution is 2.26. The van der Waals surface area contributed by atoms with Gasteiger partial charge in [-0.1, -0.05) is 37.3 Å². The normalized spacial score (nSPS) is 13.7. The van der Waals surface area contributed by atoms with Crippen LogP contribution in [0.25, 0.3) is 0 Å². The molecule has 2 N–H and O–H groups in total. The van der Waals surface area contributed by atoms with Gasteiger partial charge in [-0.2, -0.15) is 0 Å². The SMILES string of the molecule is CCC(C)(NC(=O)OCc1ccccc1)C(=O)C(C)(C)C(=O)O. The summed E-state index contributed by atoms with van der Waals surface area (Å²) in [6.45, 7) is 5.92. The van der Waals surface area contributed by atoms with Crippen LogP contribution in [0.2, 0.25) is 0 Å². The number of alkyl carbamates (subject to hydrolysis) is 1. The molecule has 0 fully saturated rings. The number of hydrogen-bond donors (Lipinski definition) is 2. The highest BCUT2D eigenvalue weighted by molar-refractivity contribution is 6.07. The molecule has 126 valence electrons. The van der Waals surface area contributed by atoms with Crippen molar-refractivity contribution in [3.8, 4) is 0 Å². The number of carboxylic acids is 1. The van der Waals surface area contributed by atoms with E-state index < -0.39 is 28.8 Å². The summed E-state index contributed by atoms with van der Waals surface area (Å²) in [5.41, 5.74) is -2.09.